The van der Waals surface area contributed by atoms with E-state index in [0.717, 1.165) is 19.5 Å². The maximum atomic E-state index is 11.6. The highest BCUT2D eigenvalue weighted by molar-refractivity contribution is 9.10. The molecule has 2 aromatic rings. The van der Waals surface area contributed by atoms with Crippen molar-refractivity contribution in [3.05, 3.63) is 49.5 Å². The molecule has 18 heavy (non-hydrogen) atoms. The van der Waals surface area contributed by atoms with E-state index in [1.54, 1.807) is 0 Å². The van der Waals surface area contributed by atoms with Crippen LogP contribution in [0.3, 0.4) is 0 Å². The average molecular weight is 390 g/mol. The van der Waals surface area contributed by atoms with Crippen LogP contribution in [-0.2, 0) is 4.79 Å². The lowest BCUT2D eigenvalue weighted by Gasteiger charge is -2.16. The van der Waals surface area contributed by atoms with Crippen molar-refractivity contribution in [2.24, 2.45) is 5.73 Å². The first-order valence-corrected chi connectivity index (χ1v) is 7.59. The van der Waals surface area contributed by atoms with Crippen LogP contribution in [0.5, 0.6) is 0 Å². The average Bonchev–Trinajstić information content (AvgIpc) is 2.72. The quantitative estimate of drug-likeness (QED) is 0.832. The second-order valence-electron chi connectivity index (χ2n) is 3.62. The molecule has 0 aliphatic heterocycles. The van der Waals surface area contributed by atoms with E-state index in [-0.39, 0.29) is 0 Å². The van der Waals surface area contributed by atoms with Gasteiger partial charge in [-0.25, -0.2) is 0 Å². The van der Waals surface area contributed by atoms with Crippen LogP contribution in [0.4, 0.5) is 5.69 Å². The number of amides is 1. The van der Waals surface area contributed by atoms with Gasteiger partial charge in [-0.15, -0.1) is 11.3 Å². The lowest BCUT2D eigenvalue weighted by Crippen LogP contribution is -2.27. The summed E-state index contributed by atoms with van der Waals surface area (Å²) in [5.74, 6) is -0.405. The van der Waals surface area contributed by atoms with Crippen LogP contribution in [0.25, 0.3) is 0 Å². The molecular formula is C12H10Br2N2OS. The Morgan fingerprint density at radius 2 is 2.11 bits per heavy atom. The molecule has 94 valence electrons. The van der Waals surface area contributed by atoms with Gasteiger partial charge in [0.05, 0.1) is 4.88 Å². The van der Waals surface area contributed by atoms with Crippen LogP contribution < -0.4 is 11.1 Å². The van der Waals surface area contributed by atoms with E-state index in [2.05, 4.69) is 37.2 Å². The molecule has 6 heteroatoms. The van der Waals surface area contributed by atoms with Crippen LogP contribution in [0.2, 0.25) is 0 Å². The Hall–Kier alpha value is -0.850. The number of hydrogen-bond donors (Lipinski definition) is 2. The lowest BCUT2D eigenvalue weighted by atomic mass is 10.2. The normalized spacial score (nSPS) is 12.1. The molecule has 1 heterocycles. The Labute approximate surface area is 126 Å². The first-order valence-electron chi connectivity index (χ1n) is 5.12. The third kappa shape index (κ3) is 3.13. The molecule has 0 aliphatic rings. The fourth-order valence-electron chi connectivity index (χ4n) is 1.52. The smallest absolute Gasteiger partial charge is 0.245 e. The van der Waals surface area contributed by atoms with Crippen molar-refractivity contribution in [3.8, 4) is 0 Å². The third-order valence-electron chi connectivity index (χ3n) is 2.33. The van der Waals surface area contributed by atoms with Crippen LogP contribution in [0.15, 0.2) is 44.7 Å². The molecule has 1 atom stereocenters. The van der Waals surface area contributed by atoms with Gasteiger partial charge >= 0.3 is 0 Å². The Balaban J connectivity index is 2.28. The minimum absolute atomic E-state index is 0.405. The van der Waals surface area contributed by atoms with E-state index in [1.165, 1.54) is 11.3 Å². The zero-order valence-electron chi connectivity index (χ0n) is 9.19. The van der Waals surface area contributed by atoms with Gasteiger partial charge < -0.3 is 11.1 Å². The number of thiophene rings is 1. The molecule has 3 N–H and O–H groups in total. The molecule has 1 aromatic carbocycles. The molecule has 0 fully saturated rings. The summed E-state index contributed by atoms with van der Waals surface area (Å²) in [6, 6.07) is 8.98. The topological polar surface area (TPSA) is 55.1 Å². The highest BCUT2D eigenvalue weighted by Crippen LogP contribution is 2.31. The Kier molecular flexibility index (Phi) is 4.42. The summed E-state index contributed by atoms with van der Waals surface area (Å²) in [5, 5.41) is 5.05. The minimum Gasteiger partial charge on any atom is -0.369 e. The van der Waals surface area contributed by atoms with Crippen LogP contribution in [-0.4, -0.2) is 5.91 Å². The van der Waals surface area contributed by atoms with Gasteiger partial charge in [-0.2, -0.15) is 0 Å². The van der Waals surface area contributed by atoms with Gasteiger partial charge in [0.25, 0.3) is 0 Å². The van der Waals surface area contributed by atoms with Crippen molar-refractivity contribution < 1.29 is 4.79 Å². The summed E-state index contributed by atoms with van der Waals surface area (Å²) < 4.78 is 1.83. The second-order valence-corrected chi connectivity index (χ2v) is 6.34. The Morgan fingerprint density at radius 1 is 1.33 bits per heavy atom. The van der Waals surface area contributed by atoms with Crippen LogP contribution in [0.1, 0.15) is 10.9 Å². The Bertz CT molecular complexity index is 571. The number of anilines is 1. The zero-order chi connectivity index (χ0) is 13.1. The number of hydrogen-bond acceptors (Lipinski definition) is 3. The number of nitrogens with two attached hydrogens (primary N) is 1. The number of benzene rings is 1. The molecule has 0 bridgehead atoms. The first kappa shape index (κ1) is 13.6. The second kappa shape index (κ2) is 5.86. The summed E-state index contributed by atoms with van der Waals surface area (Å²) in [5.41, 5.74) is 6.30. The fourth-order valence-corrected chi connectivity index (χ4v) is 3.58. The van der Waals surface area contributed by atoms with E-state index in [1.807, 2.05) is 35.7 Å². The summed E-state index contributed by atoms with van der Waals surface area (Å²) in [6.07, 6.45) is 0. The molecule has 3 nitrogen and oxygen atoms in total. The minimum atomic E-state index is -0.534. The first-order chi connectivity index (χ1) is 8.58. The van der Waals surface area contributed by atoms with Crippen molar-refractivity contribution in [2.45, 2.75) is 6.04 Å². The maximum absolute atomic E-state index is 11.6. The molecule has 1 aromatic heterocycles. The largest absolute Gasteiger partial charge is 0.369 e. The predicted molar refractivity (Wildman–Crippen MR) is 81.7 cm³/mol. The molecule has 0 saturated carbocycles. The van der Waals surface area contributed by atoms with Crippen molar-refractivity contribution in [1.29, 1.82) is 0 Å². The van der Waals surface area contributed by atoms with Gasteiger partial charge in [-0.3, -0.25) is 4.79 Å². The summed E-state index contributed by atoms with van der Waals surface area (Å²) in [6.45, 7) is 0. The van der Waals surface area contributed by atoms with Crippen LogP contribution >= 0.6 is 43.2 Å². The van der Waals surface area contributed by atoms with E-state index >= 15 is 0 Å². The summed E-state index contributed by atoms with van der Waals surface area (Å²) in [7, 11) is 0. The standard InChI is InChI=1S/C12H10Br2N2OS/c13-7-2-1-3-8(6-7)16-10(12(15)17)11-9(14)4-5-18-11/h1-6,10,16H,(H2,15,17). The molecular weight excluding hydrogens is 380 g/mol. The third-order valence-corrected chi connectivity index (χ3v) is 4.76. The number of carbonyl (C=O) groups excluding carboxylic acids is 1. The Morgan fingerprint density at radius 3 is 2.67 bits per heavy atom. The van der Waals surface area contributed by atoms with Gasteiger partial charge in [0.2, 0.25) is 5.91 Å². The maximum Gasteiger partial charge on any atom is 0.245 e. The highest BCUT2D eigenvalue weighted by Gasteiger charge is 2.21. The summed E-state index contributed by atoms with van der Waals surface area (Å²) in [4.78, 5) is 12.5. The fraction of sp³-hybridized carbons (Fsp3) is 0.0833. The number of rotatable bonds is 4. The number of halogens is 2. The lowest BCUT2D eigenvalue weighted by molar-refractivity contribution is -0.118. The molecule has 0 radical (unpaired) electrons. The van der Waals surface area contributed by atoms with Gasteiger partial charge in [0.15, 0.2) is 0 Å². The van der Waals surface area contributed by atoms with Gasteiger partial charge in [0, 0.05) is 14.6 Å². The van der Waals surface area contributed by atoms with E-state index in [4.69, 9.17) is 5.73 Å². The summed E-state index contributed by atoms with van der Waals surface area (Å²) >= 11 is 8.29. The molecule has 0 saturated heterocycles. The molecule has 0 aliphatic carbocycles. The predicted octanol–water partition coefficient (Wildman–Crippen LogP) is 3.91. The van der Waals surface area contributed by atoms with Gasteiger partial charge in [-0.05, 0) is 45.6 Å². The van der Waals surface area contributed by atoms with E-state index < -0.39 is 11.9 Å². The number of nitrogens with one attached hydrogen (secondary N) is 1. The number of carbonyl (C=O) groups is 1. The van der Waals surface area contributed by atoms with Crippen LogP contribution in [0, 0.1) is 0 Å². The van der Waals surface area contributed by atoms with E-state index in [0.29, 0.717) is 0 Å². The SMILES string of the molecule is NC(=O)C(Nc1cccc(Br)c1)c1sccc1Br. The molecule has 2 rings (SSSR count). The van der Waals surface area contributed by atoms with Crippen molar-refractivity contribution in [1.82, 2.24) is 0 Å². The van der Waals surface area contributed by atoms with Crippen molar-refractivity contribution in [3.63, 3.8) is 0 Å². The monoisotopic (exact) mass is 388 g/mol. The molecule has 0 spiro atoms. The van der Waals surface area contributed by atoms with E-state index in [9.17, 15) is 4.79 Å². The highest BCUT2D eigenvalue weighted by atomic mass is 79.9. The zero-order valence-corrected chi connectivity index (χ0v) is 13.2. The molecule has 1 unspecified atom stereocenters. The van der Waals surface area contributed by atoms with Gasteiger partial charge in [0.1, 0.15) is 6.04 Å². The molecule has 1 amide bonds. The van der Waals surface area contributed by atoms with Gasteiger partial charge in [-0.1, -0.05) is 22.0 Å². The number of primary amides is 1. The van der Waals surface area contributed by atoms with Crippen molar-refractivity contribution >= 4 is 54.8 Å². The van der Waals surface area contributed by atoms with Crippen molar-refractivity contribution in [2.75, 3.05) is 5.32 Å².